The minimum atomic E-state index is -4.12. The lowest BCUT2D eigenvalue weighted by atomic mass is 10.1. The van der Waals surface area contributed by atoms with E-state index >= 15 is 0 Å². The first-order valence-electron chi connectivity index (χ1n) is 11.1. The van der Waals surface area contributed by atoms with Gasteiger partial charge in [0, 0.05) is 17.1 Å². The Labute approximate surface area is 206 Å². The van der Waals surface area contributed by atoms with Gasteiger partial charge < -0.3 is 14.0 Å². The summed E-state index contributed by atoms with van der Waals surface area (Å²) in [5, 5.41) is 4.19. The fourth-order valence-electron chi connectivity index (χ4n) is 3.65. The molecule has 0 amide bonds. The van der Waals surface area contributed by atoms with E-state index in [1.807, 2.05) is 30.3 Å². The Morgan fingerprint density at radius 1 is 1.19 bits per heavy atom. The van der Waals surface area contributed by atoms with E-state index in [2.05, 4.69) is 10.1 Å². The molecule has 1 aliphatic rings. The molecule has 2 N–H and O–H groups in total. The second-order valence-corrected chi connectivity index (χ2v) is 9.86. The number of hydrogen-bond acceptors (Lipinski definition) is 8. The van der Waals surface area contributed by atoms with Crippen LogP contribution in [0.2, 0.25) is 0 Å². The molecule has 1 aromatic heterocycles. The van der Waals surface area contributed by atoms with E-state index in [4.69, 9.17) is 18.5 Å². The average Bonchev–Trinajstić information content (AvgIpc) is 3.33. The second kappa shape index (κ2) is 10.6. The number of nitrogens with one attached hydrogen (secondary N) is 2. The van der Waals surface area contributed by atoms with Gasteiger partial charge in [-0.05, 0) is 31.4 Å². The minimum absolute atomic E-state index is 0.215. The zero-order valence-corrected chi connectivity index (χ0v) is 20.8. The summed E-state index contributed by atoms with van der Waals surface area (Å²) in [7, 11) is -2.90. The monoisotopic (exact) mass is 515 g/mol. The Balaban J connectivity index is 1.52. The van der Waals surface area contributed by atoms with Crippen LogP contribution in [-0.4, -0.2) is 41.4 Å². The fourth-order valence-corrected chi connectivity index (χ4v) is 5.17. The van der Waals surface area contributed by atoms with Crippen molar-refractivity contribution < 1.29 is 27.9 Å². The topological polar surface area (TPSA) is 138 Å². The van der Waals surface area contributed by atoms with Crippen molar-refractivity contribution in [3.05, 3.63) is 87.2 Å². The van der Waals surface area contributed by atoms with Crippen LogP contribution in [0.4, 0.5) is 0 Å². The van der Waals surface area contributed by atoms with Crippen LogP contribution in [0, 0.1) is 6.92 Å². The normalized spacial score (nSPS) is 19.6. The lowest BCUT2D eigenvalue weighted by Crippen LogP contribution is -2.35. The van der Waals surface area contributed by atoms with Gasteiger partial charge in [-0.15, -0.1) is 0 Å². The third-order valence-corrected chi connectivity index (χ3v) is 7.14. The number of aryl methyl sites for hydroxylation is 1. The third kappa shape index (κ3) is 5.66. The molecule has 2 heterocycles. The molecule has 0 aliphatic carbocycles. The number of carbonyl (C=O) groups is 1. The van der Waals surface area contributed by atoms with Gasteiger partial charge in [-0.1, -0.05) is 42.5 Å². The quantitative estimate of drug-likeness (QED) is 0.250. The molecule has 2 aromatic carbocycles. The number of aromatic nitrogens is 2. The highest BCUT2D eigenvalue weighted by Gasteiger charge is 2.34. The zero-order chi connectivity index (χ0) is 25.9. The van der Waals surface area contributed by atoms with Crippen LogP contribution in [0.3, 0.4) is 0 Å². The summed E-state index contributed by atoms with van der Waals surface area (Å²) in [5.74, 6) is -0.345. The number of hydrogen-bond donors (Lipinski definition) is 2. The molecule has 190 valence electrons. The Morgan fingerprint density at radius 2 is 1.94 bits per heavy atom. The van der Waals surface area contributed by atoms with Gasteiger partial charge in [0.25, 0.3) is 5.56 Å². The van der Waals surface area contributed by atoms with E-state index in [0.29, 0.717) is 16.7 Å². The molecule has 0 bridgehead atoms. The van der Waals surface area contributed by atoms with Crippen LogP contribution in [0.5, 0.6) is 5.75 Å². The molecule has 1 aliphatic heterocycles. The lowest BCUT2D eigenvalue weighted by molar-refractivity contribution is -0.142. The summed E-state index contributed by atoms with van der Waals surface area (Å²) >= 11 is 0. The number of methoxy groups -OCH3 is 1. The van der Waals surface area contributed by atoms with Crippen molar-refractivity contribution in [2.75, 3.05) is 13.7 Å². The Bertz CT molecular complexity index is 1460. The summed E-state index contributed by atoms with van der Waals surface area (Å²) in [5.41, 5.74) is -0.754. The van der Waals surface area contributed by atoms with Crippen LogP contribution < -0.4 is 20.9 Å². The number of benzene rings is 2. The average molecular weight is 515 g/mol. The highest BCUT2D eigenvalue weighted by Crippen LogP contribution is 2.47. The van der Waals surface area contributed by atoms with Gasteiger partial charge in [-0.3, -0.25) is 23.7 Å². The minimum Gasteiger partial charge on any atom is -0.468 e. The molecule has 36 heavy (non-hydrogen) atoms. The second-order valence-electron chi connectivity index (χ2n) is 8.16. The number of nitrogens with zero attached hydrogens (tertiary/aromatic N) is 1. The summed E-state index contributed by atoms with van der Waals surface area (Å²) < 4.78 is 37.1. The summed E-state index contributed by atoms with van der Waals surface area (Å²) in [6.07, 6.45) is 3.18. The fraction of sp³-hybridized carbons (Fsp3) is 0.292. The number of esters is 1. The maximum absolute atomic E-state index is 13.8. The molecular weight excluding hydrogens is 489 g/mol. The first kappa shape index (κ1) is 25.6. The number of rotatable bonds is 9. The predicted octanol–water partition coefficient (Wildman–Crippen LogP) is 2.81. The molecule has 11 nitrogen and oxygen atoms in total. The van der Waals surface area contributed by atoms with Crippen molar-refractivity contribution in [1.82, 2.24) is 14.6 Å². The highest BCUT2D eigenvalue weighted by molar-refractivity contribution is 7.52. The van der Waals surface area contributed by atoms with E-state index in [1.54, 1.807) is 31.2 Å². The van der Waals surface area contributed by atoms with Crippen LogP contribution in [0.1, 0.15) is 18.7 Å². The predicted molar refractivity (Wildman–Crippen MR) is 132 cm³/mol. The van der Waals surface area contributed by atoms with Crippen LogP contribution >= 0.6 is 7.75 Å². The van der Waals surface area contributed by atoms with E-state index in [0.717, 1.165) is 5.39 Å². The summed E-state index contributed by atoms with van der Waals surface area (Å²) in [6.45, 7) is 2.83. The van der Waals surface area contributed by atoms with Crippen molar-refractivity contribution in [3.8, 4) is 5.75 Å². The van der Waals surface area contributed by atoms with Crippen molar-refractivity contribution >= 4 is 24.5 Å². The van der Waals surface area contributed by atoms with Gasteiger partial charge in [0.15, 0.2) is 6.23 Å². The first-order valence-corrected chi connectivity index (χ1v) is 12.7. The lowest BCUT2D eigenvalue weighted by Gasteiger charge is -2.24. The Morgan fingerprint density at radius 3 is 2.72 bits per heavy atom. The molecule has 3 aromatic rings. The van der Waals surface area contributed by atoms with Crippen LogP contribution in [0.25, 0.3) is 10.8 Å². The van der Waals surface area contributed by atoms with Gasteiger partial charge in [0.05, 0.1) is 13.7 Å². The van der Waals surface area contributed by atoms with Crippen molar-refractivity contribution in [2.24, 2.45) is 0 Å². The van der Waals surface area contributed by atoms with Gasteiger partial charge >= 0.3 is 19.4 Å². The SMILES string of the molecule is COC(=O)[C@H](C)N[P@@](=O)(OC[C@@H]1C=C[C@H](n2cc(C)c(=O)[nH]c2=O)O1)Oc1cccc2ccccc12. The van der Waals surface area contributed by atoms with E-state index < -0.39 is 43.3 Å². The number of ether oxygens (including phenoxy) is 2. The van der Waals surface area contributed by atoms with E-state index in [1.165, 1.54) is 24.8 Å². The van der Waals surface area contributed by atoms with Crippen molar-refractivity contribution in [2.45, 2.75) is 32.2 Å². The van der Waals surface area contributed by atoms with Crippen molar-refractivity contribution in [3.63, 3.8) is 0 Å². The smallest absolute Gasteiger partial charge is 0.459 e. The van der Waals surface area contributed by atoms with Crippen LogP contribution in [-0.2, 0) is 23.4 Å². The van der Waals surface area contributed by atoms with E-state index in [9.17, 15) is 18.9 Å². The molecule has 12 heteroatoms. The largest absolute Gasteiger partial charge is 0.468 e. The molecule has 0 fully saturated rings. The van der Waals surface area contributed by atoms with Gasteiger partial charge in [-0.2, -0.15) is 5.09 Å². The summed E-state index contributed by atoms with van der Waals surface area (Å²) in [4.78, 5) is 38.0. The number of H-pyrrole nitrogens is 1. The number of carbonyl (C=O) groups excluding carboxylic acids is 1. The van der Waals surface area contributed by atoms with Gasteiger partial charge in [0.1, 0.15) is 17.9 Å². The molecule has 0 radical (unpaired) electrons. The molecule has 0 unspecified atom stereocenters. The van der Waals surface area contributed by atoms with Crippen molar-refractivity contribution in [1.29, 1.82) is 0 Å². The summed E-state index contributed by atoms with van der Waals surface area (Å²) in [6, 6.07) is 11.7. The third-order valence-electron chi connectivity index (χ3n) is 5.51. The zero-order valence-electron chi connectivity index (χ0n) is 19.9. The number of aromatic amines is 1. The molecule has 0 saturated heterocycles. The van der Waals surface area contributed by atoms with Gasteiger partial charge in [0.2, 0.25) is 0 Å². The van der Waals surface area contributed by atoms with E-state index in [-0.39, 0.29) is 6.61 Å². The maximum atomic E-state index is 13.8. The molecular formula is C24H26N3O8P. The van der Waals surface area contributed by atoms with Crippen LogP contribution in [0.15, 0.2) is 70.4 Å². The highest BCUT2D eigenvalue weighted by atomic mass is 31.2. The first-order chi connectivity index (χ1) is 17.2. The van der Waals surface area contributed by atoms with Gasteiger partial charge in [-0.25, -0.2) is 9.36 Å². The Hall–Kier alpha value is -3.50. The maximum Gasteiger partial charge on any atom is 0.459 e. The molecule has 0 spiro atoms. The standard InChI is InChI=1S/C24H26N3O8P/c1-15-13-27(24(30)25-22(15)28)21-12-11-18(34-21)14-33-36(31,26-16(2)23(29)32-3)35-20-10-6-8-17-7-4-5-9-19(17)20/h4-13,16,18,21H,14H2,1-3H3,(H,26,31)(H,25,28,30)/t16-,18-,21+,36+/m0/s1. The number of fused-ring (bicyclic) bond motifs is 1. The Kier molecular flexibility index (Phi) is 7.56. The molecule has 4 atom stereocenters. The molecule has 4 rings (SSSR count). The molecule has 0 saturated carbocycles.